The van der Waals surface area contributed by atoms with Crippen molar-refractivity contribution in [2.45, 2.75) is 25.8 Å². The van der Waals surface area contributed by atoms with E-state index in [1.54, 1.807) is 0 Å². The van der Waals surface area contributed by atoms with Crippen LogP contribution in [0.4, 0.5) is 0 Å². The Bertz CT molecular complexity index is 451. The Kier molecular flexibility index (Phi) is 12.1. The topological polar surface area (TPSA) is 35.6 Å². The van der Waals surface area contributed by atoms with E-state index in [1.165, 1.54) is 5.56 Å². The number of likely N-dealkylation sites (tertiary alicyclic amines) is 1. The van der Waals surface area contributed by atoms with Crippen LogP contribution in [0.5, 0.6) is 0 Å². The molecule has 0 spiro atoms. The van der Waals surface area contributed by atoms with Gasteiger partial charge in [-0.1, -0.05) is 30.3 Å². The predicted octanol–water partition coefficient (Wildman–Crippen LogP) is 2.81. The van der Waals surface area contributed by atoms with Crippen molar-refractivity contribution in [3.8, 4) is 0 Å². The zero-order valence-corrected chi connectivity index (χ0v) is 16.4. The highest BCUT2D eigenvalue weighted by atomic mass is 35.5. The quantitative estimate of drug-likeness (QED) is 0.795. The summed E-state index contributed by atoms with van der Waals surface area (Å²) in [7, 11) is 4.08. The van der Waals surface area contributed by atoms with Crippen molar-refractivity contribution < 1.29 is 4.79 Å². The molecule has 2 rings (SSSR count). The van der Waals surface area contributed by atoms with Crippen LogP contribution >= 0.6 is 24.8 Å². The summed E-state index contributed by atoms with van der Waals surface area (Å²) in [5.74, 6) is 1.01. The summed E-state index contributed by atoms with van der Waals surface area (Å²) in [6.07, 6.45) is 2.88. The number of piperidine rings is 1. The number of amides is 1. The molecule has 24 heavy (non-hydrogen) atoms. The molecular formula is C18H31Cl2N3O. The highest BCUT2D eigenvalue weighted by Crippen LogP contribution is 2.19. The van der Waals surface area contributed by atoms with Crippen LogP contribution in [0, 0.1) is 5.92 Å². The lowest BCUT2D eigenvalue weighted by atomic mass is 9.96. The number of carbonyl (C=O) groups is 1. The summed E-state index contributed by atoms with van der Waals surface area (Å²) in [5.41, 5.74) is 1.37. The normalized spacial score (nSPS) is 14.9. The van der Waals surface area contributed by atoms with E-state index < -0.39 is 0 Å². The second-order valence-corrected chi connectivity index (χ2v) is 6.36. The van der Waals surface area contributed by atoms with Crippen LogP contribution in [0.3, 0.4) is 0 Å². The number of nitrogens with one attached hydrogen (secondary N) is 1. The Balaban J connectivity index is 0.00000264. The molecular weight excluding hydrogens is 345 g/mol. The molecule has 6 heteroatoms. The van der Waals surface area contributed by atoms with Gasteiger partial charge in [0.25, 0.3) is 0 Å². The molecule has 0 atom stereocenters. The fourth-order valence-electron chi connectivity index (χ4n) is 3.16. The Labute approximate surface area is 158 Å². The lowest BCUT2D eigenvalue weighted by Gasteiger charge is -2.34. The Hall–Kier alpha value is -0.810. The molecule has 0 radical (unpaired) electrons. The summed E-state index contributed by atoms with van der Waals surface area (Å²) in [6, 6.07) is 10.6. The van der Waals surface area contributed by atoms with Gasteiger partial charge in [-0.05, 0) is 38.4 Å². The van der Waals surface area contributed by atoms with Gasteiger partial charge in [-0.2, -0.15) is 0 Å². The van der Waals surface area contributed by atoms with E-state index in [-0.39, 0.29) is 24.8 Å². The first kappa shape index (κ1) is 23.2. The molecule has 0 aromatic heterocycles. The Morgan fingerprint density at radius 3 is 2.42 bits per heavy atom. The maximum atomic E-state index is 12.0. The second kappa shape index (κ2) is 12.5. The molecule has 0 aliphatic carbocycles. The Morgan fingerprint density at radius 1 is 1.21 bits per heavy atom. The van der Waals surface area contributed by atoms with E-state index in [0.29, 0.717) is 18.2 Å². The maximum Gasteiger partial charge on any atom is 0.223 e. The third-order valence-corrected chi connectivity index (χ3v) is 4.42. The monoisotopic (exact) mass is 375 g/mol. The third kappa shape index (κ3) is 7.84. The Morgan fingerprint density at radius 2 is 1.83 bits per heavy atom. The van der Waals surface area contributed by atoms with Crippen LogP contribution in [-0.2, 0) is 11.3 Å². The van der Waals surface area contributed by atoms with Gasteiger partial charge < -0.3 is 15.1 Å². The molecule has 1 fully saturated rings. The molecule has 1 aliphatic heterocycles. The molecule has 1 aliphatic rings. The summed E-state index contributed by atoms with van der Waals surface area (Å²) >= 11 is 0. The van der Waals surface area contributed by atoms with Crippen molar-refractivity contribution in [3.05, 3.63) is 35.9 Å². The lowest BCUT2D eigenvalue weighted by Crippen LogP contribution is -2.41. The first-order valence-electron chi connectivity index (χ1n) is 8.34. The fourth-order valence-corrected chi connectivity index (χ4v) is 3.16. The van der Waals surface area contributed by atoms with Crippen LogP contribution in [0.25, 0.3) is 0 Å². The summed E-state index contributed by atoms with van der Waals surface area (Å²) < 4.78 is 0. The van der Waals surface area contributed by atoms with Gasteiger partial charge in [0.15, 0.2) is 0 Å². The van der Waals surface area contributed by atoms with Gasteiger partial charge >= 0.3 is 0 Å². The predicted molar refractivity (Wildman–Crippen MR) is 105 cm³/mol. The van der Waals surface area contributed by atoms with Gasteiger partial charge in [-0.3, -0.25) is 4.79 Å². The van der Waals surface area contributed by atoms with Gasteiger partial charge in [-0.25, -0.2) is 0 Å². The van der Waals surface area contributed by atoms with E-state index in [1.807, 2.05) is 11.9 Å². The van der Waals surface area contributed by atoms with Gasteiger partial charge in [0.2, 0.25) is 5.91 Å². The zero-order chi connectivity index (χ0) is 15.8. The van der Waals surface area contributed by atoms with E-state index >= 15 is 0 Å². The van der Waals surface area contributed by atoms with Crippen molar-refractivity contribution in [2.24, 2.45) is 5.92 Å². The summed E-state index contributed by atoms with van der Waals surface area (Å²) in [4.78, 5) is 16.4. The highest BCUT2D eigenvalue weighted by Gasteiger charge is 2.23. The molecule has 1 aromatic carbocycles. The minimum absolute atomic E-state index is 0. The average Bonchev–Trinajstić information content (AvgIpc) is 2.54. The minimum atomic E-state index is 0. The molecule has 1 aromatic rings. The number of hydrogen-bond acceptors (Lipinski definition) is 3. The van der Waals surface area contributed by atoms with Gasteiger partial charge in [0, 0.05) is 39.1 Å². The average molecular weight is 376 g/mol. The number of benzene rings is 1. The minimum Gasteiger partial charge on any atom is -0.343 e. The second-order valence-electron chi connectivity index (χ2n) is 6.36. The first-order valence-corrected chi connectivity index (χ1v) is 8.34. The van der Waals surface area contributed by atoms with Crippen molar-refractivity contribution in [3.63, 3.8) is 0 Å². The summed E-state index contributed by atoms with van der Waals surface area (Å²) in [6.45, 7) is 4.74. The number of rotatable bonds is 7. The number of carbonyl (C=O) groups excluding carboxylic acids is 1. The molecule has 0 saturated carbocycles. The van der Waals surface area contributed by atoms with Crippen LogP contribution in [0.15, 0.2) is 30.3 Å². The molecule has 1 saturated heterocycles. The molecule has 1 N–H and O–H groups in total. The van der Waals surface area contributed by atoms with E-state index in [9.17, 15) is 4.79 Å². The van der Waals surface area contributed by atoms with Crippen LogP contribution in [-0.4, -0.2) is 56.0 Å². The molecule has 0 bridgehead atoms. The molecule has 0 unspecified atom stereocenters. The smallest absolute Gasteiger partial charge is 0.223 e. The summed E-state index contributed by atoms with van der Waals surface area (Å²) in [5, 5.41) is 3.04. The van der Waals surface area contributed by atoms with Crippen LogP contribution < -0.4 is 5.32 Å². The van der Waals surface area contributed by atoms with Crippen LogP contribution in [0.2, 0.25) is 0 Å². The largest absolute Gasteiger partial charge is 0.343 e. The van der Waals surface area contributed by atoms with Crippen molar-refractivity contribution in [1.82, 2.24) is 15.1 Å². The van der Waals surface area contributed by atoms with Gasteiger partial charge in [0.05, 0.1) is 0 Å². The highest BCUT2D eigenvalue weighted by molar-refractivity contribution is 5.85. The van der Waals surface area contributed by atoms with Crippen molar-refractivity contribution in [2.75, 3.05) is 40.3 Å². The van der Waals surface area contributed by atoms with Gasteiger partial charge in [0.1, 0.15) is 0 Å². The van der Waals surface area contributed by atoms with E-state index in [4.69, 9.17) is 0 Å². The standard InChI is InChI=1S/C18H29N3O.2ClH/c1-19-11-8-18(22)21-12-9-17(10-13-21)15-20(2)14-16-6-4-3-5-7-16;;/h3-7,17,19H,8-15H2,1-2H3;2*1H. The fraction of sp³-hybridized carbons (Fsp3) is 0.611. The third-order valence-electron chi connectivity index (χ3n) is 4.42. The molecule has 138 valence electrons. The molecule has 4 nitrogen and oxygen atoms in total. The van der Waals surface area contributed by atoms with E-state index in [0.717, 1.165) is 45.6 Å². The number of halogens is 2. The molecule has 1 heterocycles. The SMILES string of the molecule is CNCCC(=O)N1CCC(CN(C)Cc2ccccc2)CC1.Cl.Cl. The van der Waals surface area contributed by atoms with Crippen molar-refractivity contribution in [1.29, 1.82) is 0 Å². The van der Waals surface area contributed by atoms with Crippen LogP contribution in [0.1, 0.15) is 24.8 Å². The maximum absolute atomic E-state index is 12.0. The lowest BCUT2D eigenvalue weighted by molar-refractivity contribution is -0.132. The van der Waals surface area contributed by atoms with Crippen molar-refractivity contribution >= 4 is 30.7 Å². The number of nitrogens with zero attached hydrogens (tertiary/aromatic N) is 2. The first-order chi connectivity index (χ1) is 10.7. The van der Waals surface area contributed by atoms with E-state index in [2.05, 4.69) is 47.6 Å². The van der Waals surface area contributed by atoms with Gasteiger partial charge in [-0.15, -0.1) is 24.8 Å². The number of hydrogen-bond donors (Lipinski definition) is 1. The zero-order valence-electron chi connectivity index (χ0n) is 14.7. The molecule has 1 amide bonds.